The number of fused-ring (bicyclic) bond motifs is 1. The van der Waals surface area contributed by atoms with Gasteiger partial charge in [-0.3, -0.25) is 0 Å². The summed E-state index contributed by atoms with van der Waals surface area (Å²) in [7, 11) is 0. The highest BCUT2D eigenvalue weighted by Crippen LogP contribution is 2.43. The Hall–Kier alpha value is -0.930. The molecular weight excluding hydrogens is 238 g/mol. The third-order valence-corrected chi connectivity index (χ3v) is 3.85. The molecule has 0 radical (unpaired) electrons. The zero-order chi connectivity index (χ0) is 11.8. The number of hydrogen-bond donors (Lipinski definition) is 1. The maximum atomic E-state index is 6.38. The Labute approximate surface area is 106 Å². The first-order valence-corrected chi connectivity index (χ1v) is 6.44. The molecule has 2 heterocycles. The second-order valence-corrected chi connectivity index (χ2v) is 5.02. The summed E-state index contributed by atoms with van der Waals surface area (Å²) in [5.41, 5.74) is 2.36. The molecule has 0 aromatic heterocycles. The highest BCUT2D eigenvalue weighted by atomic mass is 35.5. The number of rotatable bonds is 1. The summed E-state index contributed by atoms with van der Waals surface area (Å²) < 4.78 is 11.3. The van der Waals surface area contributed by atoms with E-state index in [1.165, 1.54) is 5.56 Å². The molecule has 92 valence electrons. The van der Waals surface area contributed by atoms with Crippen LogP contribution >= 0.6 is 11.6 Å². The second-order valence-electron chi connectivity index (χ2n) is 4.61. The Balaban J connectivity index is 2.08. The van der Waals surface area contributed by atoms with Crippen molar-refractivity contribution in [2.24, 2.45) is 0 Å². The Kier molecular flexibility index (Phi) is 2.89. The molecule has 1 atom stereocenters. The van der Waals surface area contributed by atoms with Gasteiger partial charge in [0.15, 0.2) is 11.5 Å². The van der Waals surface area contributed by atoms with Gasteiger partial charge in [-0.05, 0) is 36.9 Å². The maximum Gasteiger partial charge on any atom is 0.164 e. The van der Waals surface area contributed by atoms with E-state index in [4.69, 9.17) is 21.1 Å². The fourth-order valence-corrected chi connectivity index (χ4v) is 3.12. The Morgan fingerprint density at radius 3 is 2.94 bits per heavy atom. The molecule has 2 aliphatic heterocycles. The molecule has 0 saturated carbocycles. The van der Waals surface area contributed by atoms with E-state index in [1.807, 2.05) is 6.07 Å². The molecule has 0 amide bonds. The van der Waals surface area contributed by atoms with Gasteiger partial charge in [0.25, 0.3) is 0 Å². The number of ether oxygens (including phenoxy) is 2. The van der Waals surface area contributed by atoms with Gasteiger partial charge in [0.2, 0.25) is 0 Å². The van der Waals surface area contributed by atoms with E-state index in [0.29, 0.717) is 19.1 Å². The largest absolute Gasteiger partial charge is 0.486 e. The Morgan fingerprint density at radius 1 is 1.35 bits per heavy atom. The molecule has 17 heavy (non-hydrogen) atoms. The van der Waals surface area contributed by atoms with Crippen molar-refractivity contribution in [3.63, 3.8) is 0 Å². The van der Waals surface area contributed by atoms with Gasteiger partial charge in [-0.2, -0.15) is 0 Å². The smallest absolute Gasteiger partial charge is 0.164 e. The molecule has 1 unspecified atom stereocenters. The van der Waals surface area contributed by atoms with Crippen molar-refractivity contribution in [1.29, 1.82) is 0 Å². The lowest BCUT2D eigenvalue weighted by Gasteiger charge is -2.24. The first-order valence-electron chi connectivity index (χ1n) is 6.06. The second kappa shape index (κ2) is 4.39. The molecule has 1 saturated heterocycles. The highest BCUT2D eigenvalue weighted by Gasteiger charge is 2.26. The average molecular weight is 254 g/mol. The molecule has 1 aromatic carbocycles. The van der Waals surface area contributed by atoms with Gasteiger partial charge in [-0.15, -0.1) is 0 Å². The molecule has 1 N–H and O–H groups in total. The minimum absolute atomic E-state index is 0.498. The van der Waals surface area contributed by atoms with E-state index >= 15 is 0 Å². The SMILES string of the molecule is Cc1c2c(cc(Cl)c1C1CCNC1)OCCO2. The number of halogens is 1. The lowest BCUT2D eigenvalue weighted by atomic mass is 9.93. The summed E-state index contributed by atoms with van der Waals surface area (Å²) in [6.45, 7) is 5.37. The summed E-state index contributed by atoms with van der Waals surface area (Å²) in [6.07, 6.45) is 1.14. The minimum Gasteiger partial charge on any atom is -0.486 e. The van der Waals surface area contributed by atoms with Crippen LogP contribution in [0.4, 0.5) is 0 Å². The fraction of sp³-hybridized carbons (Fsp3) is 0.538. The van der Waals surface area contributed by atoms with E-state index in [1.54, 1.807) is 0 Å². The Bertz CT molecular complexity index is 442. The molecular formula is C13H16ClNO2. The molecule has 4 heteroatoms. The molecule has 1 aromatic rings. The van der Waals surface area contributed by atoms with E-state index in [0.717, 1.165) is 41.6 Å². The van der Waals surface area contributed by atoms with Crippen molar-refractivity contribution < 1.29 is 9.47 Å². The third kappa shape index (κ3) is 1.87. The molecule has 0 aliphatic carbocycles. The van der Waals surface area contributed by atoms with E-state index in [9.17, 15) is 0 Å². The van der Waals surface area contributed by atoms with Crippen molar-refractivity contribution in [2.45, 2.75) is 19.3 Å². The van der Waals surface area contributed by atoms with Crippen molar-refractivity contribution in [3.05, 3.63) is 22.2 Å². The van der Waals surface area contributed by atoms with Crippen molar-refractivity contribution in [2.75, 3.05) is 26.3 Å². The van der Waals surface area contributed by atoms with Crippen LogP contribution in [0.15, 0.2) is 6.07 Å². The summed E-state index contributed by atoms with van der Waals surface area (Å²) in [5, 5.41) is 4.18. The average Bonchev–Trinajstić information content (AvgIpc) is 2.83. The van der Waals surface area contributed by atoms with Crippen LogP contribution in [0, 0.1) is 6.92 Å². The standard InChI is InChI=1S/C13H16ClNO2/c1-8-12(9-2-3-15-7-9)10(14)6-11-13(8)17-5-4-16-11/h6,9,15H,2-5,7H2,1H3. The van der Waals surface area contributed by atoms with Crippen LogP contribution in [0.5, 0.6) is 11.5 Å². The summed E-state index contributed by atoms with van der Waals surface area (Å²) in [6, 6.07) is 1.90. The van der Waals surface area contributed by atoms with Gasteiger partial charge in [0.1, 0.15) is 13.2 Å². The van der Waals surface area contributed by atoms with E-state index in [2.05, 4.69) is 12.2 Å². The van der Waals surface area contributed by atoms with Crippen LogP contribution < -0.4 is 14.8 Å². The zero-order valence-electron chi connectivity index (χ0n) is 9.88. The molecule has 1 fully saturated rings. The maximum absolute atomic E-state index is 6.38. The van der Waals surface area contributed by atoms with Crippen molar-refractivity contribution >= 4 is 11.6 Å². The van der Waals surface area contributed by atoms with Crippen molar-refractivity contribution in [1.82, 2.24) is 5.32 Å². The van der Waals surface area contributed by atoms with Gasteiger partial charge in [0.05, 0.1) is 0 Å². The monoisotopic (exact) mass is 253 g/mol. The van der Waals surface area contributed by atoms with E-state index in [-0.39, 0.29) is 0 Å². The molecule has 0 spiro atoms. The number of benzene rings is 1. The summed E-state index contributed by atoms with van der Waals surface area (Å²) in [5.74, 6) is 2.16. The quantitative estimate of drug-likeness (QED) is 0.834. The first kappa shape index (κ1) is 11.2. The van der Waals surface area contributed by atoms with Gasteiger partial charge in [-0.25, -0.2) is 0 Å². The van der Waals surface area contributed by atoms with Crippen LogP contribution in [0.1, 0.15) is 23.5 Å². The van der Waals surface area contributed by atoms with Crippen LogP contribution in [-0.4, -0.2) is 26.3 Å². The fourth-order valence-electron chi connectivity index (χ4n) is 2.73. The first-order chi connectivity index (χ1) is 8.27. The summed E-state index contributed by atoms with van der Waals surface area (Å²) >= 11 is 6.38. The van der Waals surface area contributed by atoms with Crippen molar-refractivity contribution in [3.8, 4) is 11.5 Å². The summed E-state index contributed by atoms with van der Waals surface area (Å²) in [4.78, 5) is 0. The number of nitrogens with one attached hydrogen (secondary N) is 1. The lowest BCUT2D eigenvalue weighted by Crippen LogP contribution is -2.17. The Morgan fingerprint density at radius 2 is 2.18 bits per heavy atom. The van der Waals surface area contributed by atoms with Gasteiger partial charge in [0, 0.05) is 17.6 Å². The predicted octanol–water partition coefficient (Wildman–Crippen LogP) is 2.50. The zero-order valence-corrected chi connectivity index (χ0v) is 10.6. The van der Waals surface area contributed by atoms with Gasteiger partial charge < -0.3 is 14.8 Å². The van der Waals surface area contributed by atoms with E-state index < -0.39 is 0 Å². The minimum atomic E-state index is 0.498. The molecule has 3 rings (SSSR count). The van der Waals surface area contributed by atoms with Gasteiger partial charge >= 0.3 is 0 Å². The van der Waals surface area contributed by atoms with Crippen LogP contribution in [-0.2, 0) is 0 Å². The lowest BCUT2D eigenvalue weighted by molar-refractivity contribution is 0.170. The topological polar surface area (TPSA) is 30.5 Å². The van der Waals surface area contributed by atoms with Crippen LogP contribution in [0.2, 0.25) is 5.02 Å². The normalized spacial score (nSPS) is 22.8. The van der Waals surface area contributed by atoms with Crippen LogP contribution in [0.25, 0.3) is 0 Å². The number of hydrogen-bond acceptors (Lipinski definition) is 3. The highest BCUT2D eigenvalue weighted by molar-refractivity contribution is 6.31. The molecule has 3 nitrogen and oxygen atoms in total. The molecule has 0 bridgehead atoms. The van der Waals surface area contributed by atoms with Crippen LogP contribution in [0.3, 0.4) is 0 Å². The predicted molar refractivity (Wildman–Crippen MR) is 67.4 cm³/mol. The van der Waals surface area contributed by atoms with Gasteiger partial charge in [-0.1, -0.05) is 11.6 Å². The third-order valence-electron chi connectivity index (χ3n) is 3.54. The molecule has 2 aliphatic rings.